The first kappa shape index (κ1) is 18.0. The number of aliphatic hydroxyl groups is 1. The number of piperazine rings is 1. The molecule has 3 aliphatic rings. The van der Waals surface area contributed by atoms with Crippen LogP contribution in [0.25, 0.3) is 0 Å². The van der Waals surface area contributed by atoms with Crippen LogP contribution in [0, 0.1) is 5.92 Å². The molecule has 3 atom stereocenters. The number of amides is 1. The van der Waals surface area contributed by atoms with Crippen LogP contribution in [-0.4, -0.2) is 59.6 Å². The minimum Gasteiger partial charge on any atom is -0.395 e. The van der Waals surface area contributed by atoms with Gasteiger partial charge in [-0.1, -0.05) is 49.6 Å². The van der Waals surface area contributed by atoms with Crippen molar-refractivity contribution in [2.45, 2.75) is 62.4 Å². The molecule has 4 heteroatoms. The molecule has 2 saturated heterocycles. The Balaban J connectivity index is 1.69. The molecule has 0 radical (unpaired) electrons. The van der Waals surface area contributed by atoms with Gasteiger partial charge in [-0.25, -0.2) is 0 Å². The third kappa shape index (κ3) is 2.87. The van der Waals surface area contributed by atoms with Gasteiger partial charge in [-0.3, -0.25) is 9.69 Å². The molecular formula is C22H32N2O2. The van der Waals surface area contributed by atoms with Crippen LogP contribution in [0.3, 0.4) is 0 Å². The van der Waals surface area contributed by atoms with Gasteiger partial charge in [0.2, 0.25) is 5.91 Å². The summed E-state index contributed by atoms with van der Waals surface area (Å²) in [5.41, 5.74) is 0.238. The summed E-state index contributed by atoms with van der Waals surface area (Å²) in [4.78, 5) is 18.5. The number of nitrogens with zero attached hydrogens (tertiary/aromatic N) is 2. The van der Waals surface area contributed by atoms with Crippen molar-refractivity contribution >= 4 is 5.91 Å². The third-order valence-electron chi connectivity index (χ3n) is 7.36. The Labute approximate surface area is 157 Å². The highest BCUT2D eigenvalue weighted by Crippen LogP contribution is 2.43. The van der Waals surface area contributed by atoms with E-state index in [1.807, 2.05) is 30.3 Å². The van der Waals surface area contributed by atoms with Crippen molar-refractivity contribution in [1.29, 1.82) is 0 Å². The Kier molecular flexibility index (Phi) is 5.07. The van der Waals surface area contributed by atoms with Crippen LogP contribution in [-0.2, 0) is 10.2 Å². The first-order valence-electron chi connectivity index (χ1n) is 10.3. The standard InChI is InChI=1S/C22H32N2O2/c1-23-19-12-13-20(23)15-24(14-19)21(26)22(16-25,17-8-4-2-5-9-17)18-10-6-3-7-11-18/h2,4-5,8-9,18-20,25H,3,6-7,10-16H2,1H3. The number of aliphatic hydroxyl groups excluding tert-OH is 1. The molecule has 1 aromatic carbocycles. The maximum Gasteiger partial charge on any atom is 0.235 e. The topological polar surface area (TPSA) is 43.8 Å². The summed E-state index contributed by atoms with van der Waals surface area (Å²) < 4.78 is 0. The van der Waals surface area contributed by atoms with Crippen molar-refractivity contribution in [3.8, 4) is 0 Å². The maximum absolute atomic E-state index is 13.9. The number of fused-ring (bicyclic) bond motifs is 2. The third-order valence-corrected chi connectivity index (χ3v) is 7.36. The SMILES string of the molecule is CN1C2CCC1CN(C(=O)C(CO)(c1ccccc1)C1CCCCC1)C2. The number of hydrogen-bond acceptors (Lipinski definition) is 3. The number of carbonyl (C=O) groups excluding carboxylic acids is 1. The summed E-state index contributed by atoms with van der Waals surface area (Å²) in [5, 5.41) is 10.6. The van der Waals surface area contributed by atoms with Gasteiger partial charge in [-0.2, -0.15) is 0 Å². The van der Waals surface area contributed by atoms with Crippen molar-refractivity contribution in [1.82, 2.24) is 9.80 Å². The first-order chi connectivity index (χ1) is 12.7. The average Bonchev–Trinajstić information content (AvgIpc) is 2.91. The Morgan fingerprint density at radius 1 is 1.04 bits per heavy atom. The van der Waals surface area contributed by atoms with Gasteiger partial charge in [-0.15, -0.1) is 0 Å². The van der Waals surface area contributed by atoms with E-state index in [-0.39, 0.29) is 18.4 Å². The van der Waals surface area contributed by atoms with Gasteiger partial charge in [0.05, 0.1) is 6.61 Å². The predicted molar refractivity (Wildman–Crippen MR) is 103 cm³/mol. The largest absolute Gasteiger partial charge is 0.395 e. The first-order valence-corrected chi connectivity index (χ1v) is 10.3. The van der Waals surface area contributed by atoms with Crippen LogP contribution in [0.4, 0.5) is 0 Å². The Morgan fingerprint density at radius 3 is 2.23 bits per heavy atom. The van der Waals surface area contributed by atoms with Gasteiger partial charge in [0, 0.05) is 25.2 Å². The summed E-state index contributed by atoms with van der Waals surface area (Å²) in [6.45, 7) is 1.54. The molecule has 0 aromatic heterocycles. The molecule has 2 aliphatic heterocycles. The number of benzene rings is 1. The van der Waals surface area contributed by atoms with Gasteiger partial charge < -0.3 is 10.0 Å². The lowest BCUT2D eigenvalue weighted by Crippen LogP contribution is -2.60. The molecule has 26 heavy (non-hydrogen) atoms. The lowest BCUT2D eigenvalue weighted by molar-refractivity contribution is -0.146. The highest BCUT2D eigenvalue weighted by Gasteiger charge is 2.51. The Bertz CT molecular complexity index is 614. The summed E-state index contributed by atoms with van der Waals surface area (Å²) in [7, 11) is 2.20. The monoisotopic (exact) mass is 356 g/mol. The van der Waals surface area contributed by atoms with Crippen molar-refractivity contribution in [3.63, 3.8) is 0 Å². The molecule has 1 saturated carbocycles. The van der Waals surface area contributed by atoms with E-state index in [2.05, 4.69) is 16.8 Å². The van der Waals surface area contributed by atoms with E-state index >= 15 is 0 Å². The molecule has 3 unspecified atom stereocenters. The van der Waals surface area contributed by atoms with E-state index in [1.54, 1.807) is 0 Å². The second-order valence-electron chi connectivity index (χ2n) is 8.59. The average molecular weight is 357 g/mol. The van der Waals surface area contributed by atoms with Crippen molar-refractivity contribution in [2.24, 2.45) is 5.92 Å². The zero-order valence-electron chi connectivity index (χ0n) is 15.9. The fourth-order valence-corrected chi connectivity index (χ4v) is 5.71. The second-order valence-corrected chi connectivity index (χ2v) is 8.59. The molecule has 142 valence electrons. The Hall–Kier alpha value is -1.39. The summed E-state index contributed by atoms with van der Waals surface area (Å²) in [6.07, 6.45) is 8.04. The highest BCUT2D eigenvalue weighted by atomic mass is 16.3. The molecule has 1 N–H and O–H groups in total. The van der Waals surface area contributed by atoms with Crippen molar-refractivity contribution in [2.75, 3.05) is 26.7 Å². The van der Waals surface area contributed by atoms with Gasteiger partial charge in [0.1, 0.15) is 5.41 Å². The van der Waals surface area contributed by atoms with Crippen molar-refractivity contribution < 1.29 is 9.90 Å². The lowest BCUT2D eigenvalue weighted by Gasteiger charge is -2.47. The zero-order chi connectivity index (χ0) is 18.1. The van der Waals surface area contributed by atoms with E-state index in [4.69, 9.17) is 0 Å². The molecule has 1 aromatic rings. The molecule has 1 aliphatic carbocycles. The summed E-state index contributed by atoms with van der Waals surface area (Å²) >= 11 is 0. The van der Waals surface area contributed by atoms with Gasteiger partial charge in [0.25, 0.3) is 0 Å². The molecule has 1 amide bonds. The lowest BCUT2D eigenvalue weighted by atomic mass is 9.64. The molecule has 4 nitrogen and oxygen atoms in total. The van der Waals surface area contributed by atoms with Crippen molar-refractivity contribution in [3.05, 3.63) is 35.9 Å². The number of likely N-dealkylation sites (tertiary alicyclic amines) is 1. The van der Waals surface area contributed by atoms with E-state index in [1.165, 1.54) is 32.1 Å². The number of likely N-dealkylation sites (N-methyl/N-ethyl adjacent to an activating group) is 1. The summed E-state index contributed by atoms with van der Waals surface area (Å²) in [5.74, 6) is 0.413. The van der Waals surface area contributed by atoms with Crippen LogP contribution in [0.5, 0.6) is 0 Å². The van der Waals surface area contributed by atoms with Gasteiger partial charge >= 0.3 is 0 Å². The van der Waals surface area contributed by atoms with Crippen LogP contribution in [0.15, 0.2) is 30.3 Å². The maximum atomic E-state index is 13.9. The fourth-order valence-electron chi connectivity index (χ4n) is 5.71. The second kappa shape index (κ2) is 7.32. The minimum atomic E-state index is -0.767. The Morgan fingerprint density at radius 2 is 1.65 bits per heavy atom. The predicted octanol–water partition coefficient (Wildman–Crippen LogP) is 2.80. The van der Waals surface area contributed by atoms with E-state index in [9.17, 15) is 9.90 Å². The minimum absolute atomic E-state index is 0.0812. The number of carbonyl (C=O) groups is 1. The van der Waals surface area contributed by atoms with Gasteiger partial charge in [-0.05, 0) is 44.2 Å². The zero-order valence-corrected chi connectivity index (χ0v) is 15.9. The summed E-state index contributed by atoms with van der Waals surface area (Å²) in [6, 6.07) is 11.1. The number of rotatable bonds is 4. The number of hydrogen-bond donors (Lipinski definition) is 1. The van der Waals surface area contributed by atoms with E-state index < -0.39 is 5.41 Å². The molecule has 2 bridgehead atoms. The quantitative estimate of drug-likeness (QED) is 0.902. The molecule has 3 fully saturated rings. The van der Waals surface area contributed by atoms with Crippen LogP contribution in [0.2, 0.25) is 0 Å². The van der Waals surface area contributed by atoms with E-state index in [0.29, 0.717) is 12.1 Å². The molecule has 2 heterocycles. The van der Waals surface area contributed by atoms with Crippen LogP contribution in [0.1, 0.15) is 50.5 Å². The van der Waals surface area contributed by atoms with E-state index in [0.717, 1.165) is 31.5 Å². The normalized spacial score (nSPS) is 29.5. The molecular weight excluding hydrogens is 324 g/mol. The van der Waals surface area contributed by atoms with Crippen LogP contribution < -0.4 is 0 Å². The molecule has 4 rings (SSSR count). The highest BCUT2D eigenvalue weighted by molar-refractivity contribution is 5.89. The van der Waals surface area contributed by atoms with Crippen LogP contribution >= 0.6 is 0 Å². The fraction of sp³-hybridized carbons (Fsp3) is 0.682. The smallest absolute Gasteiger partial charge is 0.235 e. The molecule has 0 spiro atoms. The van der Waals surface area contributed by atoms with Gasteiger partial charge in [0.15, 0.2) is 0 Å².